The van der Waals surface area contributed by atoms with Crippen LogP contribution >= 0.6 is 0 Å². The van der Waals surface area contributed by atoms with E-state index in [1.807, 2.05) is 66.7 Å². The van der Waals surface area contributed by atoms with Gasteiger partial charge in [0.15, 0.2) is 34.9 Å². The Hall–Kier alpha value is -13.3. The van der Waals surface area contributed by atoms with Crippen LogP contribution in [0.5, 0.6) is 0 Å². The lowest BCUT2D eigenvalue weighted by Crippen LogP contribution is -2.01. The highest BCUT2D eigenvalue weighted by atomic mass is 16.3. The Labute approximate surface area is 561 Å². The predicted octanol–water partition coefficient (Wildman–Crippen LogP) is 23.8. The lowest BCUT2D eigenvalue weighted by molar-refractivity contribution is 0.668. The maximum absolute atomic E-state index is 6.68. The van der Waals surface area contributed by atoms with Gasteiger partial charge in [0.05, 0.1) is 0 Å². The molecule has 4 aromatic heterocycles. The van der Waals surface area contributed by atoms with Crippen LogP contribution in [-0.4, -0.2) is 29.9 Å². The van der Waals surface area contributed by atoms with E-state index in [-0.39, 0.29) is 0 Å². The second-order valence-corrected chi connectivity index (χ2v) is 25.2. The van der Waals surface area contributed by atoms with E-state index in [2.05, 4.69) is 249 Å². The molecule has 454 valence electrons. The zero-order valence-electron chi connectivity index (χ0n) is 52.5. The fourth-order valence-electron chi connectivity index (χ4n) is 14.9. The zero-order valence-corrected chi connectivity index (χ0v) is 52.5. The van der Waals surface area contributed by atoms with Crippen LogP contribution in [0.2, 0.25) is 0 Å². The Morgan fingerprint density at radius 3 is 1.19 bits per heavy atom. The fraction of sp³-hybridized carbons (Fsp3) is 0. The van der Waals surface area contributed by atoms with E-state index < -0.39 is 0 Å². The van der Waals surface area contributed by atoms with Crippen molar-refractivity contribution in [3.63, 3.8) is 0 Å². The summed E-state index contributed by atoms with van der Waals surface area (Å²) in [5.41, 5.74) is 15.1. The van der Waals surface area contributed by atoms with Crippen molar-refractivity contribution in [2.45, 2.75) is 0 Å². The molecule has 0 bridgehead atoms. The molecule has 0 unspecified atom stereocenters. The minimum atomic E-state index is 0.558. The van der Waals surface area contributed by atoms with Crippen LogP contribution in [0.3, 0.4) is 0 Å². The summed E-state index contributed by atoms with van der Waals surface area (Å²) in [5, 5.41) is 17.7. The molecule has 98 heavy (non-hydrogen) atoms. The molecule has 0 aliphatic carbocycles. The van der Waals surface area contributed by atoms with Gasteiger partial charge in [-0.3, -0.25) is 0 Å². The molecule has 0 aliphatic rings. The summed E-state index contributed by atoms with van der Waals surface area (Å²) in [4.78, 5) is 32.0. The Balaban J connectivity index is 0.695. The van der Waals surface area contributed by atoms with E-state index in [0.717, 1.165) is 154 Å². The molecule has 20 aromatic rings. The van der Waals surface area contributed by atoms with Crippen molar-refractivity contribution < 1.29 is 8.83 Å². The van der Waals surface area contributed by atoms with Gasteiger partial charge < -0.3 is 8.83 Å². The second-order valence-electron chi connectivity index (χ2n) is 25.2. The third-order valence-electron chi connectivity index (χ3n) is 19.6. The summed E-state index contributed by atoms with van der Waals surface area (Å²) in [7, 11) is 0. The summed E-state index contributed by atoms with van der Waals surface area (Å²) in [6, 6.07) is 111. The number of aromatic nitrogens is 6. The van der Waals surface area contributed by atoms with Crippen molar-refractivity contribution in [2.75, 3.05) is 0 Å². The van der Waals surface area contributed by atoms with E-state index >= 15 is 0 Å². The van der Waals surface area contributed by atoms with Gasteiger partial charge in [0.2, 0.25) is 0 Å². The highest BCUT2D eigenvalue weighted by molar-refractivity contribution is 6.24. The molecule has 0 radical (unpaired) electrons. The van der Waals surface area contributed by atoms with Gasteiger partial charge in [-0.15, -0.1) is 0 Å². The molecular formula is C90H52N6O2. The van der Waals surface area contributed by atoms with E-state index in [1.165, 1.54) is 21.5 Å². The van der Waals surface area contributed by atoms with Crippen LogP contribution in [0.25, 0.3) is 210 Å². The molecule has 0 aliphatic heterocycles. The fourth-order valence-corrected chi connectivity index (χ4v) is 14.9. The number of hydrogen-bond donors (Lipinski definition) is 0. The number of benzene rings is 16. The molecule has 4 heterocycles. The van der Waals surface area contributed by atoms with Gasteiger partial charge >= 0.3 is 0 Å². The van der Waals surface area contributed by atoms with Gasteiger partial charge in [0.25, 0.3) is 0 Å². The Bertz CT molecular complexity index is 6660. The van der Waals surface area contributed by atoms with Crippen LogP contribution < -0.4 is 0 Å². The Morgan fingerprint density at radius 2 is 0.551 bits per heavy atom. The lowest BCUT2D eigenvalue weighted by Gasteiger charge is -2.14. The summed E-state index contributed by atoms with van der Waals surface area (Å²) in [6.07, 6.45) is 0. The number of hydrogen-bond acceptors (Lipinski definition) is 8. The minimum absolute atomic E-state index is 0.558. The van der Waals surface area contributed by atoms with Crippen LogP contribution in [0, 0.1) is 0 Å². The van der Waals surface area contributed by atoms with Crippen molar-refractivity contribution in [2.24, 2.45) is 0 Å². The average molecular weight is 1250 g/mol. The van der Waals surface area contributed by atoms with E-state index in [0.29, 0.717) is 34.9 Å². The van der Waals surface area contributed by atoms with Crippen molar-refractivity contribution in [3.8, 4) is 102 Å². The third-order valence-corrected chi connectivity index (χ3v) is 19.6. The first kappa shape index (κ1) is 55.2. The SMILES string of the molecule is c1ccc(-c2ccc3c(c2)oc2cccc(-c4nc(-c5ccccc5)nc(-c5ccc6c(ccc7ccc8c(-c9ccc(-c%10nc(-c%11cc%12ccc%13ccccc%13c%12c%12ccccc%11%12)nc(-c%11cccc%12oc%13cc(-c%14ccccc%14)ccc%13c%11%12)n%10)cc9)cccc8c76)c5)n4)c23)cc1. The normalized spacial score (nSPS) is 11.9. The molecule has 0 saturated carbocycles. The van der Waals surface area contributed by atoms with Crippen LogP contribution in [0.4, 0.5) is 0 Å². The molecule has 16 aromatic carbocycles. The molecule has 0 fully saturated rings. The Morgan fingerprint density at radius 1 is 0.163 bits per heavy atom. The summed E-state index contributed by atoms with van der Waals surface area (Å²) >= 11 is 0. The van der Waals surface area contributed by atoms with Gasteiger partial charge in [-0.05, 0) is 147 Å². The largest absolute Gasteiger partial charge is 0.456 e. The topological polar surface area (TPSA) is 104 Å². The number of nitrogens with zero attached hydrogens (tertiary/aromatic N) is 6. The first-order valence-electron chi connectivity index (χ1n) is 33.0. The zero-order chi connectivity index (χ0) is 64.4. The standard InChI is InChI=1S/C90H52N6O2/c1-4-17-53(18-5-1)60-42-47-72-79(51-60)97-77-31-15-29-74(83(72)77)88-92-85(58-22-8-3-9-23-58)91-87(95-88)64-44-45-67-62(49-64)39-36-57-41-46-69-65(27-14-28-71(69)81(57)67)56-33-37-59(38-34-56)86-93-89(75-30-16-32-78-84(75)73-48-43-61(52-80(73)98-78)54-19-6-2-7-20-54)96-90(94-86)76-50-63-40-35-55-21-10-11-24-66(55)82(63)70-26-13-12-25-68(70)76/h1-52H. The van der Waals surface area contributed by atoms with Crippen LogP contribution in [0.15, 0.2) is 324 Å². The average Bonchev–Trinajstić information content (AvgIpc) is 0.857. The minimum Gasteiger partial charge on any atom is -0.456 e. The third kappa shape index (κ3) is 9.07. The first-order valence-corrected chi connectivity index (χ1v) is 33.0. The molecule has 0 N–H and O–H groups in total. The van der Waals surface area contributed by atoms with Crippen LogP contribution in [-0.2, 0) is 0 Å². The molecule has 0 amide bonds. The highest BCUT2D eigenvalue weighted by Gasteiger charge is 2.23. The molecule has 0 saturated heterocycles. The molecule has 8 heteroatoms. The highest BCUT2D eigenvalue weighted by Crippen LogP contribution is 2.45. The van der Waals surface area contributed by atoms with E-state index in [1.54, 1.807) is 0 Å². The summed E-state index contributed by atoms with van der Waals surface area (Å²) in [6.45, 7) is 0. The molecule has 20 rings (SSSR count). The van der Waals surface area contributed by atoms with Gasteiger partial charge in [-0.1, -0.05) is 267 Å². The predicted molar refractivity (Wildman–Crippen MR) is 402 cm³/mol. The summed E-state index contributed by atoms with van der Waals surface area (Å²) < 4.78 is 13.3. The van der Waals surface area contributed by atoms with Crippen molar-refractivity contribution >= 4 is 109 Å². The second kappa shape index (κ2) is 22.2. The monoisotopic (exact) mass is 1250 g/mol. The van der Waals surface area contributed by atoms with Gasteiger partial charge in [0, 0.05) is 54.9 Å². The number of furan rings is 2. The Kier molecular flexibility index (Phi) is 12.5. The maximum atomic E-state index is 6.68. The molecule has 0 spiro atoms. The first-order chi connectivity index (χ1) is 48.5. The van der Waals surface area contributed by atoms with E-state index in [4.69, 9.17) is 38.7 Å². The van der Waals surface area contributed by atoms with E-state index in [9.17, 15) is 0 Å². The molecule has 8 nitrogen and oxygen atoms in total. The quantitative estimate of drug-likeness (QED) is 0.132. The lowest BCUT2D eigenvalue weighted by atomic mass is 9.91. The van der Waals surface area contributed by atoms with Crippen molar-refractivity contribution in [1.29, 1.82) is 0 Å². The van der Waals surface area contributed by atoms with Gasteiger partial charge in [-0.25, -0.2) is 29.9 Å². The molecular weight excluding hydrogens is 1200 g/mol. The van der Waals surface area contributed by atoms with Crippen molar-refractivity contribution in [3.05, 3.63) is 315 Å². The molecule has 0 atom stereocenters. The maximum Gasteiger partial charge on any atom is 0.164 e. The smallest absolute Gasteiger partial charge is 0.164 e. The van der Waals surface area contributed by atoms with Crippen molar-refractivity contribution in [1.82, 2.24) is 29.9 Å². The summed E-state index contributed by atoms with van der Waals surface area (Å²) in [5.74, 6) is 3.45. The van der Waals surface area contributed by atoms with Gasteiger partial charge in [-0.2, -0.15) is 0 Å². The number of fused-ring (bicyclic) bond motifs is 16. The van der Waals surface area contributed by atoms with Gasteiger partial charge in [0.1, 0.15) is 22.3 Å². The van der Waals surface area contributed by atoms with Crippen LogP contribution in [0.1, 0.15) is 0 Å². The number of rotatable bonds is 9.